The molecule has 0 aromatic heterocycles. The molecule has 0 aliphatic carbocycles. The maximum absolute atomic E-state index is 14.1. The van der Waals surface area contributed by atoms with Gasteiger partial charge in [-0.25, -0.2) is 8.42 Å². The van der Waals surface area contributed by atoms with Crippen molar-refractivity contribution >= 4 is 39.1 Å². The Kier molecular flexibility index (Phi) is 11.3. The lowest BCUT2D eigenvalue weighted by molar-refractivity contribution is -0.140. The first-order valence-electron chi connectivity index (χ1n) is 13.8. The second kappa shape index (κ2) is 14.3. The van der Waals surface area contributed by atoms with Crippen molar-refractivity contribution in [3.63, 3.8) is 0 Å². The number of carbonyl (C=O) groups is 2. The van der Waals surface area contributed by atoms with Crippen molar-refractivity contribution in [3.05, 3.63) is 94.5 Å². The average molecular weight is 638 g/mol. The number of amides is 2. The largest absolute Gasteiger partial charge is 0.417 e. The minimum Gasteiger partial charge on any atom is -0.352 e. The average Bonchev–Trinajstić information content (AvgIpc) is 2.96. The van der Waals surface area contributed by atoms with Crippen LogP contribution in [-0.2, 0) is 32.3 Å². The van der Waals surface area contributed by atoms with E-state index in [9.17, 15) is 31.2 Å². The van der Waals surface area contributed by atoms with Crippen molar-refractivity contribution in [2.24, 2.45) is 0 Å². The minimum atomic E-state index is -4.88. The fourth-order valence-corrected chi connectivity index (χ4v) is 6.02. The van der Waals surface area contributed by atoms with Gasteiger partial charge in [-0.2, -0.15) is 13.2 Å². The highest BCUT2D eigenvalue weighted by molar-refractivity contribution is 7.92. The number of nitrogens with zero attached hydrogens (tertiary/aromatic N) is 2. The highest BCUT2D eigenvalue weighted by Gasteiger charge is 2.37. The van der Waals surface area contributed by atoms with Gasteiger partial charge in [-0.3, -0.25) is 13.9 Å². The predicted octanol–water partition coefficient (Wildman–Crippen LogP) is 6.58. The third-order valence-electron chi connectivity index (χ3n) is 7.01. The van der Waals surface area contributed by atoms with Crippen LogP contribution < -0.4 is 9.62 Å². The number of aryl methyl sites for hydroxylation is 1. The first kappa shape index (κ1) is 33.9. The van der Waals surface area contributed by atoms with E-state index in [1.165, 1.54) is 17.0 Å². The van der Waals surface area contributed by atoms with Crippen molar-refractivity contribution in [1.82, 2.24) is 10.2 Å². The summed E-state index contributed by atoms with van der Waals surface area (Å²) in [6.45, 7) is 6.30. The molecule has 0 bridgehead atoms. The number of carbonyl (C=O) groups excluding carboxylic acids is 2. The van der Waals surface area contributed by atoms with E-state index in [0.29, 0.717) is 22.4 Å². The highest BCUT2D eigenvalue weighted by atomic mass is 35.5. The van der Waals surface area contributed by atoms with Crippen LogP contribution in [0.2, 0.25) is 5.02 Å². The summed E-state index contributed by atoms with van der Waals surface area (Å²) >= 11 is 5.82. The van der Waals surface area contributed by atoms with Gasteiger partial charge in [0.2, 0.25) is 11.8 Å². The van der Waals surface area contributed by atoms with E-state index >= 15 is 0 Å². The summed E-state index contributed by atoms with van der Waals surface area (Å²) in [5.41, 5.74) is -0.199. The second-order valence-electron chi connectivity index (χ2n) is 10.2. The first-order valence-corrected chi connectivity index (χ1v) is 15.6. The van der Waals surface area contributed by atoms with Gasteiger partial charge in [-0.05, 0) is 62.6 Å². The Labute approximate surface area is 255 Å². The van der Waals surface area contributed by atoms with Crippen LogP contribution in [0.4, 0.5) is 18.9 Å². The lowest BCUT2D eigenvalue weighted by atomic mass is 10.1. The number of hydrogen-bond acceptors (Lipinski definition) is 4. The number of alkyl halides is 3. The molecule has 2 amide bonds. The zero-order valence-electron chi connectivity index (χ0n) is 24.4. The molecule has 2 atom stereocenters. The lowest BCUT2D eigenvalue weighted by Crippen LogP contribution is -2.53. The third-order valence-corrected chi connectivity index (χ3v) is 9.13. The van der Waals surface area contributed by atoms with Gasteiger partial charge < -0.3 is 10.2 Å². The third kappa shape index (κ3) is 8.51. The molecule has 3 aromatic carbocycles. The molecule has 43 heavy (non-hydrogen) atoms. The normalized spacial score (nSPS) is 13.2. The van der Waals surface area contributed by atoms with Crippen LogP contribution in [0.3, 0.4) is 0 Å². The Morgan fingerprint density at radius 1 is 0.953 bits per heavy atom. The van der Waals surface area contributed by atoms with Crippen molar-refractivity contribution in [2.45, 2.75) is 70.2 Å². The van der Waals surface area contributed by atoms with Crippen LogP contribution >= 0.6 is 11.6 Å². The fraction of sp³-hybridized carbons (Fsp3) is 0.355. The summed E-state index contributed by atoms with van der Waals surface area (Å²) in [5, 5.41) is 2.26. The monoisotopic (exact) mass is 637 g/mol. The number of anilines is 1. The molecule has 0 radical (unpaired) electrons. The van der Waals surface area contributed by atoms with Crippen LogP contribution in [0, 0.1) is 6.92 Å². The summed E-state index contributed by atoms with van der Waals surface area (Å²) in [4.78, 5) is 28.4. The van der Waals surface area contributed by atoms with Gasteiger partial charge in [-0.1, -0.05) is 73.5 Å². The van der Waals surface area contributed by atoms with Crippen LogP contribution in [-0.4, -0.2) is 43.8 Å². The van der Waals surface area contributed by atoms with Gasteiger partial charge in [0.05, 0.1) is 21.2 Å². The van der Waals surface area contributed by atoms with E-state index in [4.69, 9.17) is 11.6 Å². The van der Waals surface area contributed by atoms with Gasteiger partial charge in [0.15, 0.2) is 0 Å². The number of hydrogen-bond donors (Lipinski definition) is 1. The quantitative estimate of drug-likeness (QED) is 0.243. The molecule has 0 spiro atoms. The van der Waals surface area contributed by atoms with Gasteiger partial charge >= 0.3 is 6.18 Å². The van der Waals surface area contributed by atoms with Crippen LogP contribution in [0.5, 0.6) is 0 Å². The van der Waals surface area contributed by atoms with Gasteiger partial charge in [0, 0.05) is 12.6 Å². The Morgan fingerprint density at radius 2 is 1.58 bits per heavy atom. The molecule has 7 nitrogen and oxygen atoms in total. The molecule has 0 fully saturated rings. The molecular formula is C31H35ClF3N3O4S. The van der Waals surface area contributed by atoms with Crippen molar-refractivity contribution < 1.29 is 31.2 Å². The van der Waals surface area contributed by atoms with E-state index in [0.717, 1.165) is 17.7 Å². The van der Waals surface area contributed by atoms with Crippen LogP contribution in [0.25, 0.3) is 0 Å². The molecule has 12 heteroatoms. The Bertz CT molecular complexity index is 1520. The summed E-state index contributed by atoms with van der Waals surface area (Å²) in [6, 6.07) is 16.1. The molecule has 0 saturated heterocycles. The zero-order valence-corrected chi connectivity index (χ0v) is 25.9. The number of sulfonamides is 1. The van der Waals surface area contributed by atoms with Crippen molar-refractivity contribution in [1.29, 1.82) is 0 Å². The fourth-order valence-electron chi connectivity index (χ4n) is 4.39. The minimum absolute atomic E-state index is 0.0288. The molecular weight excluding hydrogens is 603 g/mol. The van der Waals surface area contributed by atoms with E-state index in [-0.39, 0.29) is 23.9 Å². The highest BCUT2D eigenvalue weighted by Crippen LogP contribution is 2.38. The Hall–Kier alpha value is -3.57. The van der Waals surface area contributed by atoms with Crippen LogP contribution in [0.1, 0.15) is 50.3 Å². The van der Waals surface area contributed by atoms with Crippen molar-refractivity contribution in [2.75, 3.05) is 10.8 Å². The summed E-state index contributed by atoms with van der Waals surface area (Å²) in [5.74, 6) is -1.19. The predicted molar refractivity (Wildman–Crippen MR) is 161 cm³/mol. The molecule has 0 unspecified atom stereocenters. The van der Waals surface area contributed by atoms with E-state index < -0.39 is 56.9 Å². The van der Waals surface area contributed by atoms with Gasteiger partial charge in [-0.15, -0.1) is 0 Å². The van der Waals surface area contributed by atoms with Gasteiger partial charge in [0.1, 0.15) is 12.6 Å². The maximum Gasteiger partial charge on any atom is 0.417 e. The molecule has 0 aliphatic heterocycles. The summed E-state index contributed by atoms with van der Waals surface area (Å²) in [7, 11) is -4.55. The molecule has 1 N–H and O–H groups in total. The van der Waals surface area contributed by atoms with E-state index in [1.807, 2.05) is 13.8 Å². The topological polar surface area (TPSA) is 86.8 Å². The molecule has 232 valence electrons. The summed E-state index contributed by atoms with van der Waals surface area (Å²) in [6.07, 6.45) is -4.02. The smallest absolute Gasteiger partial charge is 0.352 e. The maximum atomic E-state index is 14.1. The van der Waals surface area contributed by atoms with E-state index in [2.05, 4.69) is 5.32 Å². The van der Waals surface area contributed by atoms with Crippen molar-refractivity contribution in [3.8, 4) is 0 Å². The summed E-state index contributed by atoms with van der Waals surface area (Å²) < 4.78 is 69.9. The Balaban J connectivity index is 2.14. The first-order chi connectivity index (χ1) is 20.2. The van der Waals surface area contributed by atoms with Crippen LogP contribution in [0.15, 0.2) is 77.7 Å². The van der Waals surface area contributed by atoms with Gasteiger partial charge in [0.25, 0.3) is 10.0 Å². The number of rotatable bonds is 12. The zero-order chi connectivity index (χ0) is 31.9. The molecule has 0 aliphatic rings. The molecule has 3 aromatic rings. The molecule has 0 saturated carbocycles. The number of nitrogens with one attached hydrogen (secondary N) is 1. The van der Waals surface area contributed by atoms with E-state index in [1.54, 1.807) is 56.3 Å². The lowest BCUT2D eigenvalue weighted by Gasteiger charge is -2.34. The molecule has 3 rings (SSSR count). The molecule has 0 heterocycles. The number of halogens is 4. The Morgan fingerprint density at radius 3 is 2.14 bits per heavy atom. The standard InChI is InChI=1S/C31H35ClF3N3O4S/c1-5-22(4)36-30(40)28(6-2)37(19-23-10-8-7-9-11-23)29(39)20-38(43(41,42)25-15-12-21(3)13-16-25)24-14-17-27(32)26(18-24)31(33,34)35/h7-18,22,28H,5-6,19-20H2,1-4H3,(H,36,40)/t22-,28-/m0/s1. The second-order valence-corrected chi connectivity index (χ2v) is 12.5. The SMILES string of the molecule is CC[C@H](C)NC(=O)[C@H](CC)N(Cc1ccccc1)C(=O)CN(c1ccc(Cl)c(C(F)(F)F)c1)S(=O)(=O)c1ccc(C)cc1. The number of benzene rings is 3.